The molecule has 0 unspecified atom stereocenters. The van der Waals surface area contributed by atoms with Gasteiger partial charge < -0.3 is 10.1 Å². The van der Waals surface area contributed by atoms with Crippen LogP contribution in [0.1, 0.15) is 12.5 Å². The summed E-state index contributed by atoms with van der Waals surface area (Å²) in [4.78, 5) is 22.5. The second-order valence-corrected chi connectivity index (χ2v) is 4.09. The van der Waals surface area contributed by atoms with E-state index in [2.05, 4.69) is 15.4 Å². The van der Waals surface area contributed by atoms with Gasteiger partial charge in [0.15, 0.2) is 5.11 Å². The molecule has 1 amide bonds. The number of amides is 1. The van der Waals surface area contributed by atoms with Crippen molar-refractivity contribution in [1.82, 2.24) is 5.32 Å². The summed E-state index contributed by atoms with van der Waals surface area (Å²) in [5.41, 5.74) is 0.885. The highest BCUT2D eigenvalue weighted by molar-refractivity contribution is 7.80. The lowest BCUT2D eigenvalue weighted by atomic mass is 10.2. The van der Waals surface area contributed by atoms with Gasteiger partial charge in [-0.3, -0.25) is 10.1 Å². The Hall–Kier alpha value is -2.72. The van der Waals surface area contributed by atoms with Crippen molar-refractivity contribution >= 4 is 34.9 Å². The first-order valence-electron chi connectivity index (χ1n) is 6.02. The number of para-hydroxylation sites is 1. The molecule has 1 rings (SSSR count). The first-order chi connectivity index (χ1) is 10.1. The molecule has 0 spiro atoms. The second-order valence-electron chi connectivity index (χ2n) is 3.69. The first kappa shape index (κ1) is 16.3. The largest absolute Gasteiger partial charge is 0.463 e. The lowest BCUT2D eigenvalue weighted by Crippen LogP contribution is -2.33. The van der Waals surface area contributed by atoms with E-state index in [-0.39, 0.29) is 11.7 Å². The number of nitrogens with zero attached hydrogens (tertiary/aromatic N) is 1. The lowest BCUT2D eigenvalue weighted by Gasteiger charge is -2.09. The van der Waals surface area contributed by atoms with Crippen LogP contribution in [0, 0.1) is 11.3 Å². The van der Waals surface area contributed by atoms with Crippen LogP contribution in [0.25, 0.3) is 0 Å². The average Bonchev–Trinajstić information content (AvgIpc) is 2.46. The monoisotopic (exact) mass is 303 g/mol. The molecular formula is C14H13N3O3S. The number of carbonyl (C=O) groups excluding carboxylic acids is 2. The molecule has 6 nitrogen and oxygen atoms in total. The first-order valence-corrected chi connectivity index (χ1v) is 6.43. The number of benzene rings is 1. The Balaban J connectivity index is 2.56. The van der Waals surface area contributed by atoms with Gasteiger partial charge in [0.25, 0.3) is 0 Å². The fraction of sp³-hybridized carbons (Fsp3) is 0.143. The highest BCUT2D eigenvalue weighted by atomic mass is 32.1. The number of thiocarbonyl (C=S) groups is 1. The molecule has 0 aliphatic rings. The molecule has 0 heterocycles. The Morgan fingerprint density at radius 3 is 2.76 bits per heavy atom. The Kier molecular flexibility index (Phi) is 6.57. The maximum absolute atomic E-state index is 11.5. The molecule has 0 atom stereocenters. The summed E-state index contributed by atoms with van der Waals surface area (Å²) in [7, 11) is 0. The normalized spacial score (nSPS) is 9.71. The molecule has 7 heteroatoms. The number of carbonyl (C=O) groups is 2. The molecule has 0 saturated heterocycles. The Morgan fingerprint density at radius 1 is 1.38 bits per heavy atom. The van der Waals surface area contributed by atoms with E-state index in [1.165, 1.54) is 0 Å². The van der Waals surface area contributed by atoms with Gasteiger partial charge in [-0.25, -0.2) is 4.79 Å². The number of esters is 1. The maximum atomic E-state index is 11.5. The summed E-state index contributed by atoms with van der Waals surface area (Å²) in [6.45, 7) is 1.90. The molecule has 0 aliphatic carbocycles. The van der Waals surface area contributed by atoms with Crippen LogP contribution in [0.5, 0.6) is 0 Å². The molecule has 1 aromatic rings. The molecule has 0 radical (unpaired) electrons. The van der Waals surface area contributed by atoms with E-state index in [9.17, 15) is 9.59 Å². The third-order valence-corrected chi connectivity index (χ3v) is 2.39. The molecule has 1 aromatic carbocycles. The average molecular weight is 303 g/mol. The van der Waals surface area contributed by atoms with Crippen LogP contribution in [0.2, 0.25) is 0 Å². The third kappa shape index (κ3) is 5.84. The van der Waals surface area contributed by atoms with E-state index < -0.39 is 11.9 Å². The zero-order chi connectivity index (χ0) is 15.7. The van der Waals surface area contributed by atoms with Crippen LogP contribution < -0.4 is 10.6 Å². The van der Waals surface area contributed by atoms with E-state index >= 15 is 0 Å². The summed E-state index contributed by atoms with van der Waals surface area (Å²) < 4.78 is 4.63. The molecule has 0 bridgehead atoms. The fourth-order valence-corrected chi connectivity index (χ4v) is 1.54. The van der Waals surface area contributed by atoms with Gasteiger partial charge in [-0.2, -0.15) is 5.26 Å². The Morgan fingerprint density at radius 2 is 2.10 bits per heavy atom. The van der Waals surface area contributed by atoms with Crippen molar-refractivity contribution in [2.75, 3.05) is 11.9 Å². The molecule has 0 saturated carbocycles. The molecular weight excluding hydrogens is 290 g/mol. The molecule has 0 aliphatic heterocycles. The van der Waals surface area contributed by atoms with E-state index in [0.29, 0.717) is 11.3 Å². The highest BCUT2D eigenvalue weighted by Gasteiger charge is 2.05. The van der Waals surface area contributed by atoms with Crippen molar-refractivity contribution in [1.29, 1.82) is 5.26 Å². The smallest absolute Gasteiger partial charge is 0.330 e. The van der Waals surface area contributed by atoms with Gasteiger partial charge in [-0.05, 0) is 31.3 Å². The van der Waals surface area contributed by atoms with E-state index in [4.69, 9.17) is 17.5 Å². The fourth-order valence-electron chi connectivity index (χ4n) is 1.33. The van der Waals surface area contributed by atoms with Crippen molar-refractivity contribution in [2.24, 2.45) is 0 Å². The SMILES string of the molecule is CCOC(=O)C=CC(=O)NC(=S)Nc1ccccc1C#N. The predicted molar refractivity (Wildman–Crippen MR) is 81.3 cm³/mol. The molecule has 21 heavy (non-hydrogen) atoms. The Bertz CT molecular complexity index is 620. The minimum atomic E-state index is -0.610. The topological polar surface area (TPSA) is 91.2 Å². The highest BCUT2D eigenvalue weighted by Crippen LogP contribution is 2.12. The molecule has 0 fully saturated rings. The van der Waals surface area contributed by atoms with Gasteiger partial charge in [-0.15, -0.1) is 0 Å². The van der Waals surface area contributed by atoms with Gasteiger partial charge in [0.05, 0.1) is 17.9 Å². The summed E-state index contributed by atoms with van der Waals surface area (Å²) in [6, 6.07) is 8.72. The van der Waals surface area contributed by atoms with Crippen LogP contribution in [0.15, 0.2) is 36.4 Å². The maximum Gasteiger partial charge on any atom is 0.330 e. The number of hydrogen-bond donors (Lipinski definition) is 2. The van der Waals surface area contributed by atoms with Crippen molar-refractivity contribution in [3.05, 3.63) is 42.0 Å². The summed E-state index contributed by atoms with van der Waals surface area (Å²) >= 11 is 4.95. The molecule has 0 aromatic heterocycles. The predicted octanol–water partition coefficient (Wildman–Crippen LogP) is 1.49. The quantitative estimate of drug-likeness (QED) is 0.497. The summed E-state index contributed by atoms with van der Waals surface area (Å²) in [6.07, 6.45) is 2.02. The van der Waals surface area contributed by atoms with Gasteiger partial charge in [0, 0.05) is 12.2 Å². The number of nitriles is 1. The van der Waals surface area contributed by atoms with Gasteiger partial charge in [0.2, 0.25) is 5.91 Å². The summed E-state index contributed by atoms with van der Waals surface area (Å²) in [5, 5.41) is 14.0. The van der Waals surface area contributed by atoms with Crippen LogP contribution in [-0.2, 0) is 14.3 Å². The number of hydrogen-bond acceptors (Lipinski definition) is 5. The van der Waals surface area contributed by atoms with Crippen LogP contribution in [0.4, 0.5) is 5.69 Å². The standard InChI is InChI=1S/C14H13N3O3S/c1-2-20-13(19)8-7-12(18)17-14(21)16-11-6-4-3-5-10(11)9-15/h3-8H,2H2,1H3,(H2,16,17,18,21). The molecule has 2 N–H and O–H groups in total. The minimum absolute atomic E-state index is 0.0243. The zero-order valence-electron chi connectivity index (χ0n) is 11.3. The number of nitrogens with one attached hydrogen (secondary N) is 2. The minimum Gasteiger partial charge on any atom is -0.463 e. The molecule has 108 valence electrons. The third-order valence-electron chi connectivity index (χ3n) is 2.19. The number of rotatable bonds is 4. The zero-order valence-corrected chi connectivity index (χ0v) is 12.1. The van der Waals surface area contributed by atoms with Crippen molar-refractivity contribution in [3.63, 3.8) is 0 Å². The van der Waals surface area contributed by atoms with Crippen molar-refractivity contribution in [3.8, 4) is 6.07 Å². The van der Waals surface area contributed by atoms with Crippen LogP contribution in [0.3, 0.4) is 0 Å². The van der Waals surface area contributed by atoms with Crippen LogP contribution in [-0.4, -0.2) is 23.6 Å². The van der Waals surface area contributed by atoms with Crippen LogP contribution >= 0.6 is 12.2 Å². The number of ether oxygens (including phenoxy) is 1. The van der Waals surface area contributed by atoms with Gasteiger partial charge in [0.1, 0.15) is 6.07 Å². The van der Waals surface area contributed by atoms with E-state index in [0.717, 1.165) is 12.2 Å². The Labute approximate surface area is 127 Å². The lowest BCUT2D eigenvalue weighted by molar-refractivity contribution is -0.137. The van der Waals surface area contributed by atoms with Crippen molar-refractivity contribution in [2.45, 2.75) is 6.92 Å². The van der Waals surface area contributed by atoms with E-state index in [1.54, 1.807) is 31.2 Å². The van der Waals surface area contributed by atoms with E-state index in [1.807, 2.05) is 6.07 Å². The van der Waals surface area contributed by atoms with Crippen molar-refractivity contribution < 1.29 is 14.3 Å². The van der Waals surface area contributed by atoms with Gasteiger partial charge >= 0.3 is 5.97 Å². The number of anilines is 1. The van der Waals surface area contributed by atoms with Gasteiger partial charge in [-0.1, -0.05) is 12.1 Å². The second kappa shape index (κ2) is 8.45. The summed E-state index contributed by atoms with van der Waals surface area (Å²) in [5.74, 6) is -1.18.